The average molecular weight is 373 g/mol. The summed E-state index contributed by atoms with van der Waals surface area (Å²) in [5.41, 5.74) is 2.18. The molecule has 26 heavy (non-hydrogen) atoms. The van der Waals surface area contributed by atoms with Crippen molar-refractivity contribution in [1.82, 2.24) is 14.8 Å². The molecule has 0 saturated carbocycles. The summed E-state index contributed by atoms with van der Waals surface area (Å²) in [6, 6.07) is 11.1. The van der Waals surface area contributed by atoms with E-state index in [1.54, 1.807) is 6.92 Å². The van der Waals surface area contributed by atoms with Crippen LogP contribution in [0, 0.1) is 18.6 Å². The Balaban J connectivity index is 1.80. The molecule has 1 heterocycles. The molecular formula is C19H17F2N3OS. The first-order chi connectivity index (χ1) is 12.4. The minimum Gasteiger partial charge on any atom is -0.305 e. The largest absolute Gasteiger partial charge is 0.305 e. The second kappa shape index (κ2) is 7.37. The van der Waals surface area contributed by atoms with Crippen LogP contribution in [0.5, 0.6) is 0 Å². The Morgan fingerprint density at radius 2 is 1.88 bits per heavy atom. The van der Waals surface area contributed by atoms with E-state index in [9.17, 15) is 13.6 Å². The van der Waals surface area contributed by atoms with Gasteiger partial charge in [-0.15, -0.1) is 10.2 Å². The molecular weight excluding hydrogens is 356 g/mol. The van der Waals surface area contributed by atoms with Gasteiger partial charge in [-0.25, -0.2) is 8.78 Å². The summed E-state index contributed by atoms with van der Waals surface area (Å²) < 4.78 is 28.2. The van der Waals surface area contributed by atoms with Crippen molar-refractivity contribution in [3.63, 3.8) is 0 Å². The van der Waals surface area contributed by atoms with Gasteiger partial charge in [-0.05, 0) is 38.1 Å². The molecule has 0 aliphatic rings. The quantitative estimate of drug-likeness (QED) is 0.490. The van der Waals surface area contributed by atoms with Gasteiger partial charge in [-0.2, -0.15) is 0 Å². The van der Waals surface area contributed by atoms with Crippen LogP contribution in [0.1, 0.15) is 22.8 Å². The van der Waals surface area contributed by atoms with Crippen molar-refractivity contribution in [3.8, 4) is 11.4 Å². The van der Waals surface area contributed by atoms with Crippen molar-refractivity contribution >= 4 is 17.5 Å². The van der Waals surface area contributed by atoms with Gasteiger partial charge in [0.25, 0.3) is 0 Å². The molecule has 4 nitrogen and oxygen atoms in total. The summed E-state index contributed by atoms with van der Waals surface area (Å²) in [5, 5.41) is 8.42. The van der Waals surface area contributed by atoms with Gasteiger partial charge in [0.05, 0.1) is 5.25 Å². The zero-order valence-electron chi connectivity index (χ0n) is 14.5. The van der Waals surface area contributed by atoms with Crippen molar-refractivity contribution < 1.29 is 13.6 Å². The summed E-state index contributed by atoms with van der Waals surface area (Å²) >= 11 is 1.23. The van der Waals surface area contributed by atoms with Gasteiger partial charge in [-0.1, -0.05) is 35.5 Å². The lowest BCUT2D eigenvalue weighted by Gasteiger charge is -2.10. The van der Waals surface area contributed by atoms with Crippen LogP contribution >= 0.6 is 11.8 Å². The van der Waals surface area contributed by atoms with Crippen molar-refractivity contribution in [2.45, 2.75) is 24.3 Å². The smallest absolute Gasteiger partial charge is 0.191 e. The molecule has 0 saturated heterocycles. The summed E-state index contributed by atoms with van der Waals surface area (Å²) in [6.45, 7) is 3.70. The number of hydrogen-bond donors (Lipinski definition) is 0. The number of Topliss-reactive ketones (excluding diaryl/α,β-unsaturated/α-hetero) is 1. The highest BCUT2D eigenvalue weighted by Crippen LogP contribution is 2.27. The van der Waals surface area contributed by atoms with Crippen LogP contribution in [-0.2, 0) is 7.05 Å². The Morgan fingerprint density at radius 3 is 2.58 bits per heavy atom. The lowest BCUT2D eigenvalue weighted by atomic mass is 10.1. The van der Waals surface area contributed by atoms with Crippen LogP contribution in [0.25, 0.3) is 11.4 Å². The number of aromatic nitrogens is 3. The number of carbonyl (C=O) groups excluding carboxylic acids is 1. The maximum absolute atomic E-state index is 13.4. The number of aryl methyl sites for hydroxylation is 1. The molecule has 3 aromatic rings. The van der Waals surface area contributed by atoms with E-state index in [-0.39, 0.29) is 11.3 Å². The Labute approximate surface area is 154 Å². The summed E-state index contributed by atoms with van der Waals surface area (Å²) in [6.07, 6.45) is 0. The molecule has 0 aliphatic heterocycles. The number of thioether (sulfide) groups is 1. The lowest BCUT2D eigenvalue weighted by molar-refractivity contribution is 0.0993. The number of rotatable bonds is 5. The third-order valence-corrected chi connectivity index (χ3v) is 5.10. The van der Waals surface area contributed by atoms with Gasteiger partial charge >= 0.3 is 0 Å². The molecule has 1 unspecified atom stereocenters. The zero-order chi connectivity index (χ0) is 18.8. The monoisotopic (exact) mass is 373 g/mol. The van der Waals surface area contributed by atoms with Crippen LogP contribution in [0.2, 0.25) is 0 Å². The molecule has 134 valence electrons. The maximum atomic E-state index is 13.4. The fourth-order valence-electron chi connectivity index (χ4n) is 2.55. The number of nitrogens with zero attached hydrogens (tertiary/aromatic N) is 3. The Morgan fingerprint density at radius 1 is 1.12 bits per heavy atom. The highest BCUT2D eigenvalue weighted by atomic mass is 32.2. The van der Waals surface area contributed by atoms with Gasteiger partial charge in [0.2, 0.25) is 0 Å². The predicted octanol–water partition coefficient (Wildman–Crippen LogP) is 4.43. The standard InChI is InChI=1S/C19H17F2N3OS/c1-11-5-4-6-14(9-11)18-22-23-19(24(18)3)26-12(2)17(25)13-7-8-15(20)16(21)10-13/h4-10,12H,1-3H3. The van der Waals surface area contributed by atoms with Crippen LogP contribution in [0.4, 0.5) is 8.78 Å². The first-order valence-electron chi connectivity index (χ1n) is 7.99. The first-order valence-corrected chi connectivity index (χ1v) is 8.87. The van der Waals surface area contributed by atoms with Gasteiger partial charge < -0.3 is 4.57 Å². The third-order valence-electron chi connectivity index (χ3n) is 3.97. The lowest BCUT2D eigenvalue weighted by Crippen LogP contribution is -2.15. The molecule has 0 aliphatic carbocycles. The third kappa shape index (κ3) is 3.67. The molecule has 3 rings (SSSR count). The maximum Gasteiger partial charge on any atom is 0.191 e. The number of ketones is 1. The second-order valence-corrected chi connectivity index (χ2v) is 7.30. The highest BCUT2D eigenvalue weighted by Gasteiger charge is 2.21. The van der Waals surface area contributed by atoms with Crippen molar-refractivity contribution in [1.29, 1.82) is 0 Å². The van der Waals surface area contributed by atoms with E-state index in [2.05, 4.69) is 10.2 Å². The van der Waals surface area contributed by atoms with Gasteiger partial charge in [0, 0.05) is 18.2 Å². The minimum absolute atomic E-state index is 0.130. The van der Waals surface area contributed by atoms with E-state index in [1.807, 2.05) is 42.8 Å². The minimum atomic E-state index is -1.03. The van der Waals surface area contributed by atoms with Crippen molar-refractivity contribution in [3.05, 3.63) is 65.2 Å². The van der Waals surface area contributed by atoms with E-state index >= 15 is 0 Å². The molecule has 7 heteroatoms. The van der Waals surface area contributed by atoms with Gasteiger partial charge in [0.15, 0.2) is 28.4 Å². The van der Waals surface area contributed by atoms with E-state index in [1.165, 1.54) is 17.8 Å². The highest BCUT2D eigenvalue weighted by molar-refractivity contribution is 8.00. The van der Waals surface area contributed by atoms with E-state index < -0.39 is 16.9 Å². The van der Waals surface area contributed by atoms with Gasteiger partial charge in [-0.3, -0.25) is 4.79 Å². The normalized spacial score (nSPS) is 12.2. The molecule has 0 radical (unpaired) electrons. The molecule has 0 fully saturated rings. The molecule has 1 aromatic heterocycles. The fourth-order valence-corrected chi connectivity index (χ4v) is 3.44. The van der Waals surface area contributed by atoms with Crippen LogP contribution in [0.3, 0.4) is 0 Å². The summed E-state index contributed by atoms with van der Waals surface area (Å²) in [7, 11) is 1.83. The van der Waals surface area contributed by atoms with Crippen LogP contribution in [0.15, 0.2) is 47.6 Å². The number of halogens is 2. The molecule has 0 bridgehead atoms. The van der Waals surface area contributed by atoms with E-state index in [0.717, 1.165) is 23.3 Å². The van der Waals surface area contributed by atoms with Crippen LogP contribution in [-0.4, -0.2) is 25.8 Å². The predicted molar refractivity (Wildman–Crippen MR) is 97.2 cm³/mol. The number of benzene rings is 2. The topological polar surface area (TPSA) is 47.8 Å². The fraction of sp³-hybridized carbons (Fsp3) is 0.211. The molecule has 0 amide bonds. The number of carbonyl (C=O) groups is 1. The Bertz CT molecular complexity index is 971. The SMILES string of the molecule is Cc1cccc(-c2nnc(SC(C)C(=O)c3ccc(F)c(F)c3)n2C)c1. The van der Waals surface area contributed by atoms with E-state index in [4.69, 9.17) is 0 Å². The van der Waals surface area contributed by atoms with Crippen molar-refractivity contribution in [2.75, 3.05) is 0 Å². The van der Waals surface area contributed by atoms with E-state index in [0.29, 0.717) is 11.0 Å². The number of hydrogen-bond acceptors (Lipinski definition) is 4. The Kier molecular flexibility index (Phi) is 5.18. The van der Waals surface area contributed by atoms with Gasteiger partial charge in [0.1, 0.15) is 0 Å². The van der Waals surface area contributed by atoms with Crippen molar-refractivity contribution in [2.24, 2.45) is 7.05 Å². The molecule has 2 aromatic carbocycles. The Hall–Kier alpha value is -2.54. The molecule has 1 atom stereocenters. The molecule has 0 spiro atoms. The zero-order valence-corrected chi connectivity index (χ0v) is 15.3. The molecule has 0 N–H and O–H groups in total. The average Bonchev–Trinajstić information content (AvgIpc) is 2.97. The van der Waals surface area contributed by atoms with Crippen LogP contribution < -0.4 is 0 Å². The second-order valence-electron chi connectivity index (χ2n) is 5.99. The summed E-state index contributed by atoms with van der Waals surface area (Å²) in [5.74, 6) is -1.61. The summed E-state index contributed by atoms with van der Waals surface area (Å²) in [4.78, 5) is 12.5. The first kappa shape index (κ1) is 18.3.